The number of benzene rings is 2. The minimum atomic E-state index is -0.0636. The Morgan fingerprint density at radius 1 is 1.04 bits per heavy atom. The van der Waals surface area contributed by atoms with Crippen molar-refractivity contribution in [3.63, 3.8) is 0 Å². The van der Waals surface area contributed by atoms with E-state index in [0.29, 0.717) is 18.8 Å². The van der Waals surface area contributed by atoms with Crippen LogP contribution in [0.4, 0.5) is 0 Å². The Kier molecular flexibility index (Phi) is 5.17. The van der Waals surface area contributed by atoms with E-state index >= 15 is 0 Å². The maximum Gasteiger partial charge on any atom is 0.268 e. The standard InChI is InChI=1S/C23H22N2O2S/c1-16-3-5-18(6-4-16)15-25-20-11-12-28-22(20)13-21(25)23(26)24-14-17-7-9-19(27-2)10-8-17/h3-13H,14-15H2,1-2H3,(H,24,26). The van der Waals surface area contributed by atoms with Gasteiger partial charge in [0.25, 0.3) is 5.91 Å². The maximum absolute atomic E-state index is 12.9. The summed E-state index contributed by atoms with van der Waals surface area (Å²) >= 11 is 1.66. The van der Waals surface area contributed by atoms with Crippen molar-refractivity contribution >= 4 is 27.5 Å². The number of aryl methyl sites for hydroxylation is 1. The molecule has 2 aromatic heterocycles. The quantitative estimate of drug-likeness (QED) is 0.504. The van der Waals surface area contributed by atoms with Crippen molar-refractivity contribution < 1.29 is 9.53 Å². The number of aromatic nitrogens is 1. The molecule has 0 saturated heterocycles. The summed E-state index contributed by atoms with van der Waals surface area (Å²) in [6, 6.07) is 20.2. The third-order valence-electron chi connectivity index (χ3n) is 4.83. The molecular weight excluding hydrogens is 368 g/mol. The summed E-state index contributed by atoms with van der Waals surface area (Å²) in [5.41, 5.74) is 5.23. The van der Waals surface area contributed by atoms with Crippen LogP contribution >= 0.6 is 11.3 Å². The van der Waals surface area contributed by atoms with Crippen molar-refractivity contribution in [2.75, 3.05) is 7.11 Å². The van der Waals surface area contributed by atoms with Gasteiger partial charge in [-0.3, -0.25) is 4.79 Å². The van der Waals surface area contributed by atoms with Gasteiger partial charge in [-0.2, -0.15) is 0 Å². The topological polar surface area (TPSA) is 43.3 Å². The largest absolute Gasteiger partial charge is 0.497 e. The number of fused-ring (bicyclic) bond motifs is 1. The number of thiophene rings is 1. The van der Waals surface area contributed by atoms with E-state index in [1.54, 1.807) is 18.4 Å². The number of rotatable bonds is 6. The molecule has 5 heteroatoms. The van der Waals surface area contributed by atoms with Crippen LogP contribution in [0.5, 0.6) is 5.75 Å². The zero-order chi connectivity index (χ0) is 19.5. The zero-order valence-corrected chi connectivity index (χ0v) is 16.8. The molecule has 0 aliphatic rings. The van der Waals surface area contributed by atoms with Gasteiger partial charge >= 0.3 is 0 Å². The Morgan fingerprint density at radius 2 is 1.75 bits per heavy atom. The van der Waals surface area contributed by atoms with E-state index in [4.69, 9.17) is 4.74 Å². The lowest BCUT2D eigenvalue weighted by molar-refractivity contribution is 0.0942. The van der Waals surface area contributed by atoms with Crippen molar-refractivity contribution in [1.82, 2.24) is 9.88 Å². The third kappa shape index (κ3) is 3.80. The number of nitrogens with one attached hydrogen (secondary N) is 1. The van der Waals surface area contributed by atoms with E-state index in [9.17, 15) is 4.79 Å². The van der Waals surface area contributed by atoms with E-state index < -0.39 is 0 Å². The lowest BCUT2D eigenvalue weighted by Crippen LogP contribution is -2.25. The van der Waals surface area contributed by atoms with Gasteiger partial charge in [-0.05, 0) is 47.7 Å². The molecule has 4 rings (SSSR count). The summed E-state index contributed by atoms with van der Waals surface area (Å²) in [5, 5.41) is 5.11. The lowest BCUT2D eigenvalue weighted by atomic mass is 10.1. The van der Waals surface area contributed by atoms with Crippen LogP contribution < -0.4 is 10.1 Å². The summed E-state index contributed by atoms with van der Waals surface area (Å²) in [7, 11) is 1.64. The van der Waals surface area contributed by atoms with Crippen LogP contribution in [0.25, 0.3) is 10.2 Å². The summed E-state index contributed by atoms with van der Waals surface area (Å²) in [6.45, 7) is 3.23. The molecule has 28 heavy (non-hydrogen) atoms. The molecule has 2 aromatic carbocycles. The summed E-state index contributed by atoms with van der Waals surface area (Å²) in [4.78, 5) is 12.9. The number of carbonyl (C=O) groups is 1. The fourth-order valence-electron chi connectivity index (χ4n) is 3.23. The molecule has 0 spiro atoms. The predicted molar refractivity (Wildman–Crippen MR) is 114 cm³/mol. The van der Waals surface area contributed by atoms with Gasteiger partial charge < -0.3 is 14.6 Å². The van der Waals surface area contributed by atoms with Crippen LogP contribution in [0, 0.1) is 6.92 Å². The second-order valence-corrected chi connectivity index (χ2v) is 7.75. The molecule has 4 aromatic rings. The summed E-state index contributed by atoms with van der Waals surface area (Å²) < 4.78 is 8.40. The monoisotopic (exact) mass is 390 g/mol. The van der Waals surface area contributed by atoms with Gasteiger partial charge in [0.05, 0.1) is 17.3 Å². The Bertz CT molecular complexity index is 1090. The van der Waals surface area contributed by atoms with Crippen LogP contribution in [-0.4, -0.2) is 17.6 Å². The van der Waals surface area contributed by atoms with Crippen molar-refractivity contribution in [1.29, 1.82) is 0 Å². The van der Waals surface area contributed by atoms with Crippen LogP contribution in [0.1, 0.15) is 27.2 Å². The van der Waals surface area contributed by atoms with Gasteiger partial charge in [0.15, 0.2) is 0 Å². The molecular formula is C23H22N2O2S. The Balaban J connectivity index is 1.55. The normalized spacial score (nSPS) is 10.9. The highest BCUT2D eigenvalue weighted by Crippen LogP contribution is 2.26. The number of carbonyl (C=O) groups excluding carboxylic acids is 1. The van der Waals surface area contributed by atoms with Crippen LogP contribution in [0.2, 0.25) is 0 Å². The predicted octanol–water partition coefficient (Wildman–Crippen LogP) is 5.00. The highest BCUT2D eigenvalue weighted by Gasteiger charge is 2.16. The number of ether oxygens (including phenoxy) is 1. The fourth-order valence-corrected chi connectivity index (χ4v) is 4.05. The lowest BCUT2D eigenvalue weighted by Gasteiger charge is -2.11. The second-order valence-electron chi connectivity index (χ2n) is 6.80. The van der Waals surface area contributed by atoms with Crippen molar-refractivity contribution in [3.05, 3.63) is 88.4 Å². The molecule has 0 unspecified atom stereocenters. The first-order valence-corrected chi connectivity index (χ1v) is 10.1. The van der Waals surface area contributed by atoms with Gasteiger partial charge in [-0.25, -0.2) is 0 Å². The molecule has 0 bridgehead atoms. The molecule has 0 aliphatic carbocycles. The number of hydrogen-bond donors (Lipinski definition) is 1. The van der Waals surface area contributed by atoms with Gasteiger partial charge in [0.2, 0.25) is 0 Å². The molecule has 0 fully saturated rings. The Morgan fingerprint density at radius 3 is 2.46 bits per heavy atom. The number of nitrogens with zero attached hydrogens (tertiary/aromatic N) is 1. The average Bonchev–Trinajstić information content (AvgIpc) is 3.31. The molecule has 0 atom stereocenters. The first-order valence-electron chi connectivity index (χ1n) is 9.17. The van der Waals surface area contributed by atoms with Crippen LogP contribution in [0.15, 0.2) is 66.0 Å². The van der Waals surface area contributed by atoms with Gasteiger partial charge in [0, 0.05) is 13.1 Å². The first-order chi connectivity index (χ1) is 13.6. The fraction of sp³-hybridized carbons (Fsp3) is 0.174. The number of hydrogen-bond acceptors (Lipinski definition) is 3. The van der Waals surface area contributed by atoms with Gasteiger partial charge in [-0.15, -0.1) is 11.3 Å². The molecule has 0 aliphatic heterocycles. The minimum Gasteiger partial charge on any atom is -0.497 e. The second kappa shape index (κ2) is 7.90. The summed E-state index contributed by atoms with van der Waals surface area (Å²) in [5.74, 6) is 0.744. The third-order valence-corrected chi connectivity index (χ3v) is 5.68. The smallest absolute Gasteiger partial charge is 0.268 e. The molecule has 1 N–H and O–H groups in total. The summed E-state index contributed by atoms with van der Waals surface area (Å²) in [6.07, 6.45) is 0. The molecule has 0 radical (unpaired) electrons. The number of methoxy groups -OCH3 is 1. The van der Waals surface area contributed by atoms with Gasteiger partial charge in [0.1, 0.15) is 11.4 Å². The molecule has 0 saturated carbocycles. The zero-order valence-electron chi connectivity index (χ0n) is 15.9. The molecule has 2 heterocycles. The van der Waals surface area contributed by atoms with E-state index in [0.717, 1.165) is 21.5 Å². The van der Waals surface area contributed by atoms with E-state index in [1.165, 1.54) is 11.1 Å². The molecule has 4 nitrogen and oxygen atoms in total. The molecule has 1 amide bonds. The highest BCUT2D eigenvalue weighted by atomic mass is 32.1. The first kappa shape index (κ1) is 18.3. The minimum absolute atomic E-state index is 0.0636. The van der Waals surface area contributed by atoms with E-state index in [2.05, 4.69) is 52.5 Å². The van der Waals surface area contributed by atoms with E-state index in [-0.39, 0.29) is 5.91 Å². The van der Waals surface area contributed by atoms with Crippen molar-refractivity contribution in [2.24, 2.45) is 0 Å². The van der Waals surface area contributed by atoms with Gasteiger partial charge in [-0.1, -0.05) is 42.0 Å². The maximum atomic E-state index is 12.9. The molecule has 142 valence electrons. The Hall–Kier alpha value is -3.05. The van der Waals surface area contributed by atoms with E-state index in [1.807, 2.05) is 30.3 Å². The Labute approximate surface area is 168 Å². The van der Waals surface area contributed by atoms with Crippen molar-refractivity contribution in [2.45, 2.75) is 20.0 Å². The highest BCUT2D eigenvalue weighted by molar-refractivity contribution is 7.17. The SMILES string of the molecule is COc1ccc(CNC(=O)c2cc3sccc3n2Cc2ccc(C)cc2)cc1. The van der Waals surface area contributed by atoms with Crippen molar-refractivity contribution in [3.8, 4) is 5.75 Å². The van der Waals surface area contributed by atoms with Crippen LogP contribution in [-0.2, 0) is 13.1 Å². The average molecular weight is 391 g/mol. The van der Waals surface area contributed by atoms with Crippen LogP contribution in [0.3, 0.4) is 0 Å². The number of amides is 1.